The minimum absolute atomic E-state index is 0.262. The molecule has 1 amide bonds. The first-order valence-corrected chi connectivity index (χ1v) is 6.25. The maximum Gasteiger partial charge on any atom is 0.248 e. The molecule has 0 radical (unpaired) electrons. The predicted octanol–water partition coefficient (Wildman–Crippen LogP) is 4.04. The quantitative estimate of drug-likeness (QED) is 0.868. The van der Waals surface area contributed by atoms with E-state index in [9.17, 15) is 4.79 Å². The Morgan fingerprint density at radius 3 is 2.37 bits per heavy atom. The van der Waals surface area contributed by atoms with Crippen LogP contribution in [0.1, 0.15) is 5.56 Å². The molecule has 0 saturated heterocycles. The maximum atomic E-state index is 11.7. The highest BCUT2D eigenvalue weighted by Gasteiger charge is 2.02. The summed E-state index contributed by atoms with van der Waals surface area (Å²) in [5, 5.41) is 3.70. The van der Waals surface area contributed by atoms with E-state index in [0.717, 1.165) is 0 Å². The minimum Gasteiger partial charge on any atom is -0.322 e. The molecule has 0 unspecified atom stereocenters. The lowest BCUT2D eigenvalue weighted by Crippen LogP contribution is -2.07. The molecule has 96 valence electrons. The molecule has 5 heteroatoms. The first-order valence-electron chi connectivity index (χ1n) is 5.50. The van der Waals surface area contributed by atoms with Gasteiger partial charge in [-0.15, -0.1) is 0 Å². The number of nitrogens with zero attached hydrogens (tertiary/aromatic N) is 1. The summed E-state index contributed by atoms with van der Waals surface area (Å²) in [5.41, 5.74) is 1.30. The Balaban J connectivity index is 2.09. The molecule has 0 fully saturated rings. The molecule has 0 aliphatic carbocycles. The molecule has 3 nitrogen and oxygen atoms in total. The van der Waals surface area contributed by atoms with Crippen molar-refractivity contribution in [3.63, 3.8) is 0 Å². The lowest BCUT2D eigenvalue weighted by atomic mass is 10.2. The van der Waals surface area contributed by atoms with Crippen molar-refractivity contribution in [3.05, 3.63) is 64.4 Å². The summed E-state index contributed by atoms with van der Waals surface area (Å²) < 4.78 is 0. The van der Waals surface area contributed by atoms with Gasteiger partial charge in [0, 0.05) is 39.8 Å². The van der Waals surface area contributed by atoms with Crippen LogP contribution in [-0.4, -0.2) is 10.9 Å². The van der Waals surface area contributed by atoms with Gasteiger partial charge in [0.15, 0.2) is 0 Å². The third kappa shape index (κ3) is 3.81. The van der Waals surface area contributed by atoms with E-state index >= 15 is 0 Å². The number of hydrogen-bond acceptors (Lipinski definition) is 2. The number of carbonyl (C=O) groups is 1. The third-order valence-electron chi connectivity index (χ3n) is 2.35. The molecular weight excluding hydrogens is 283 g/mol. The second kappa shape index (κ2) is 6.36. The SMILES string of the molecule is O=C(C=Cc1c(Cl)cccc1Cl)Nc1ccncc1. The lowest BCUT2D eigenvalue weighted by molar-refractivity contribution is -0.111. The number of amides is 1. The summed E-state index contributed by atoms with van der Waals surface area (Å²) in [7, 11) is 0. The number of carbonyl (C=O) groups excluding carboxylic acids is 1. The van der Waals surface area contributed by atoms with E-state index in [1.54, 1.807) is 48.8 Å². The van der Waals surface area contributed by atoms with Gasteiger partial charge in [-0.25, -0.2) is 0 Å². The Bertz CT molecular complexity index is 592. The number of anilines is 1. The fraction of sp³-hybridized carbons (Fsp3) is 0. The van der Waals surface area contributed by atoms with Gasteiger partial charge in [-0.2, -0.15) is 0 Å². The van der Waals surface area contributed by atoms with E-state index in [0.29, 0.717) is 21.3 Å². The standard InChI is InChI=1S/C14H10Cl2N2O/c15-12-2-1-3-13(16)11(12)4-5-14(19)18-10-6-8-17-9-7-10/h1-9H,(H,17,18,19). The topological polar surface area (TPSA) is 42.0 Å². The molecule has 0 aliphatic heterocycles. The molecule has 0 aliphatic rings. The molecule has 1 heterocycles. The van der Waals surface area contributed by atoms with Gasteiger partial charge < -0.3 is 5.32 Å². The van der Waals surface area contributed by atoms with Crippen molar-refractivity contribution < 1.29 is 4.79 Å². The lowest BCUT2D eigenvalue weighted by Gasteiger charge is -2.02. The van der Waals surface area contributed by atoms with Crippen LogP contribution in [0, 0.1) is 0 Å². The molecule has 0 saturated carbocycles. The Kier molecular flexibility index (Phi) is 4.55. The van der Waals surface area contributed by atoms with Crippen LogP contribution in [0.15, 0.2) is 48.8 Å². The second-order valence-electron chi connectivity index (χ2n) is 3.69. The van der Waals surface area contributed by atoms with Gasteiger partial charge in [0.2, 0.25) is 5.91 Å². The monoisotopic (exact) mass is 292 g/mol. The number of rotatable bonds is 3. The largest absolute Gasteiger partial charge is 0.322 e. The van der Waals surface area contributed by atoms with Crippen molar-refractivity contribution in [2.24, 2.45) is 0 Å². The van der Waals surface area contributed by atoms with Gasteiger partial charge in [0.25, 0.3) is 0 Å². The molecule has 2 rings (SSSR count). The number of halogens is 2. The highest BCUT2D eigenvalue weighted by Crippen LogP contribution is 2.25. The fourth-order valence-corrected chi connectivity index (χ4v) is 1.97. The Morgan fingerprint density at radius 2 is 1.74 bits per heavy atom. The van der Waals surface area contributed by atoms with E-state index in [-0.39, 0.29) is 5.91 Å². The van der Waals surface area contributed by atoms with E-state index in [4.69, 9.17) is 23.2 Å². The molecular formula is C14H10Cl2N2O. The van der Waals surface area contributed by atoms with Crippen molar-refractivity contribution in [2.75, 3.05) is 5.32 Å². The Labute approximate surface area is 120 Å². The van der Waals surface area contributed by atoms with Crippen LogP contribution >= 0.6 is 23.2 Å². The minimum atomic E-state index is -0.262. The third-order valence-corrected chi connectivity index (χ3v) is 3.01. The maximum absolute atomic E-state index is 11.7. The van der Waals surface area contributed by atoms with Crippen LogP contribution in [0.3, 0.4) is 0 Å². The van der Waals surface area contributed by atoms with Crippen LogP contribution in [-0.2, 0) is 4.79 Å². The molecule has 1 aromatic carbocycles. The summed E-state index contributed by atoms with van der Waals surface area (Å²) in [6.07, 6.45) is 6.17. The van der Waals surface area contributed by atoms with Crippen LogP contribution in [0.2, 0.25) is 10.0 Å². The van der Waals surface area contributed by atoms with E-state index in [2.05, 4.69) is 10.3 Å². The fourth-order valence-electron chi connectivity index (χ4n) is 1.45. The summed E-state index contributed by atoms with van der Waals surface area (Å²) in [6.45, 7) is 0. The first-order chi connectivity index (χ1) is 9.16. The summed E-state index contributed by atoms with van der Waals surface area (Å²) in [4.78, 5) is 15.6. The predicted molar refractivity (Wildman–Crippen MR) is 78.4 cm³/mol. The van der Waals surface area contributed by atoms with Gasteiger partial charge in [-0.3, -0.25) is 9.78 Å². The van der Waals surface area contributed by atoms with Crippen LogP contribution in [0.25, 0.3) is 6.08 Å². The van der Waals surface area contributed by atoms with Gasteiger partial charge in [0.05, 0.1) is 0 Å². The highest BCUT2D eigenvalue weighted by atomic mass is 35.5. The first kappa shape index (κ1) is 13.6. The Morgan fingerprint density at radius 1 is 1.11 bits per heavy atom. The van der Waals surface area contributed by atoms with E-state index < -0.39 is 0 Å². The summed E-state index contributed by atoms with van der Waals surface area (Å²) in [6, 6.07) is 8.59. The van der Waals surface area contributed by atoms with E-state index in [1.807, 2.05) is 0 Å². The van der Waals surface area contributed by atoms with Crippen molar-refractivity contribution >= 4 is 40.9 Å². The van der Waals surface area contributed by atoms with Crippen molar-refractivity contribution in [3.8, 4) is 0 Å². The van der Waals surface area contributed by atoms with Crippen molar-refractivity contribution in [2.45, 2.75) is 0 Å². The number of nitrogens with one attached hydrogen (secondary N) is 1. The number of pyridine rings is 1. The smallest absolute Gasteiger partial charge is 0.248 e. The van der Waals surface area contributed by atoms with Crippen molar-refractivity contribution in [1.29, 1.82) is 0 Å². The average molecular weight is 293 g/mol. The van der Waals surface area contributed by atoms with Crippen LogP contribution < -0.4 is 5.32 Å². The molecule has 1 aromatic heterocycles. The van der Waals surface area contributed by atoms with Crippen molar-refractivity contribution in [1.82, 2.24) is 4.98 Å². The normalized spacial score (nSPS) is 10.6. The molecule has 0 bridgehead atoms. The van der Waals surface area contributed by atoms with Crippen LogP contribution in [0.5, 0.6) is 0 Å². The zero-order valence-electron chi connectivity index (χ0n) is 9.81. The second-order valence-corrected chi connectivity index (χ2v) is 4.51. The van der Waals surface area contributed by atoms with Gasteiger partial charge in [-0.1, -0.05) is 29.3 Å². The molecule has 19 heavy (non-hydrogen) atoms. The van der Waals surface area contributed by atoms with E-state index in [1.165, 1.54) is 6.08 Å². The Hall–Kier alpha value is -1.84. The molecule has 0 atom stereocenters. The van der Waals surface area contributed by atoms with Gasteiger partial charge in [0.1, 0.15) is 0 Å². The molecule has 2 aromatic rings. The highest BCUT2D eigenvalue weighted by molar-refractivity contribution is 6.37. The summed E-state index contributed by atoms with van der Waals surface area (Å²) in [5.74, 6) is -0.262. The molecule has 0 spiro atoms. The number of hydrogen-bond donors (Lipinski definition) is 1. The van der Waals surface area contributed by atoms with Gasteiger partial charge >= 0.3 is 0 Å². The van der Waals surface area contributed by atoms with Gasteiger partial charge in [-0.05, 0) is 30.3 Å². The molecule has 1 N–H and O–H groups in total. The zero-order valence-corrected chi connectivity index (χ0v) is 11.3. The number of aromatic nitrogens is 1. The average Bonchev–Trinajstić information content (AvgIpc) is 2.39. The van der Waals surface area contributed by atoms with Crippen LogP contribution in [0.4, 0.5) is 5.69 Å². The zero-order chi connectivity index (χ0) is 13.7. The summed E-state index contributed by atoms with van der Waals surface area (Å²) >= 11 is 12.0. The number of benzene rings is 1.